The van der Waals surface area contributed by atoms with Gasteiger partial charge in [-0.1, -0.05) is 42.5 Å². The van der Waals surface area contributed by atoms with Crippen LogP contribution >= 0.6 is 0 Å². The van der Waals surface area contributed by atoms with Crippen molar-refractivity contribution in [2.45, 2.75) is 42.9 Å². The quantitative estimate of drug-likeness (QED) is 0.765. The number of Topliss-reactive ketones (excluding diaryl/α,β-unsaturated/α-hetero) is 1. The van der Waals surface area contributed by atoms with E-state index in [-0.39, 0.29) is 48.4 Å². The smallest absolute Gasteiger partial charge is 0.249 e. The van der Waals surface area contributed by atoms with Crippen molar-refractivity contribution in [1.29, 1.82) is 0 Å². The minimum Gasteiger partial charge on any atom is -0.508 e. The Hall–Kier alpha value is -3.19. The fourth-order valence-corrected chi connectivity index (χ4v) is 4.95. The van der Waals surface area contributed by atoms with Gasteiger partial charge >= 0.3 is 0 Å². The Bertz CT molecular complexity index is 1020. The highest BCUT2D eigenvalue weighted by atomic mass is 16.5. The van der Waals surface area contributed by atoms with Crippen molar-refractivity contribution in [1.82, 2.24) is 10.2 Å². The number of rotatable bonds is 5. The third kappa shape index (κ3) is 3.49. The molecule has 7 nitrogen and oxygen atoms in total. The van der Waals surface area contributed by atoms with Gasteiger partial charge in [0.05, 0.1) is 12.5 Å². The molecule has 3 unspecified atom stereocenters. The van der Waals surface area contributed by atoms with Gasteiger partial charge in [0.15, 0.2) is 5.78 Å². The number of ether oxygens (including phenoxy) is 1. The number of nitrogens with one attached hydrogen (secondary N) is 1. The number of likely N-dealkylation sites (tertiary alicyclic amines) is 1. The number of amides is 2. The SMILES string of the molecule is O=C(Cc1ccccc1)NC1(C(=O)N2CCC3OCC(=O)[C@H]32)CC1c1ccc(O)cc1. The molecule has 160 valence electrons. The molecule has 3 fully saturated rings. The van der Waals surface area contributed by atoms with E-state index in [4.69, 9.17) is 4.74 Å². The van der Waals surface area contributed by atoms with Gasteiger partial charge < -0.3 is 20.1 Å². The number of aromatic hydroxyl groups is 1. The lowest BCUT2D eigenvalue weighted by molar-refractivity contribution is -0.141. The van der Waals surface area contributed by atoms with E-state index in [2.05, 4.69) is 5.32 Å². The van der Waals surface area contributed by atoms with Crippen molar-refractivity contribution in [3.05, 3.63) is 65.7 Å². The molecule has 0 aromatic heterocycles. The molecule has 2 saturated heterocycles. The fourth-order valence-electron chi connectivity index (χ4n) is 4.95. The van der Waals surface area contributed by atoms with E-state index in [1.54, 1.807) is 29.2 Å². The van der Waals surface area contributed by atoms with E-state index in [0.717, 1.165) is 11.1 Å². The van der Waals surface area contributed by atoms with Crippen LogP contribution in [0.5, 0.6) is 5.75 Å². The monoisotopic (exact) mass is 420 g/mol. The van der Waals surface area contributed by atoms with Gasteiger partial charge in [0.1, 0.15) is 23.9 Å². The third-order valence-electron chi connectivity index (χ3n) is 6.58. The maximum atomic E-state index is 13.7. The summed E-state index contributed by atoms with van der Waals surface area (Å²) in [7, 11) is 0. The normalized spacial score (nSPS) is 29.0. The van der Waals surface area contributed by atoms with Gasteiger partial charge in [-0.2, -0.15) is 0 Å². The van der Waals surface area contributed by atoms with E-state index in [0.29, 0.717) is 19.4 Å². The molecule has 0 spiro atoms. The average Bonchev–Trinajstić information content (AvgIpc) is 3.13. The molecule has 1 aliphatic carbocycles. The van der Waals surface area contributed by atoms with Crippen LogP contribution in [-0.4, -0.2) is 58.4 Å². The zero-order valence-electron chi connectivity index (χ0n) is 17.0. The lowest BCUT2D eigenvalue weighted by atomic mass is 10.0. The minimum atomic E-state index is -1.08. The number of benzene rings is 2. The third-order valence-corrected chi connectivity index (χ3v) is 6.58. The zero-order valence-corrected chi connectivity index (χ0v) is 17.0. The van der Waals surface area contributed by atoms with Crippen molar-refractivity contribution >= 4 is 17.6 Å². The highest BCUT2D eigenvalue weighted by Crippen LogP contribution is 2.53. The Morgan fingerprint density at radius 1 is 1.13 bits per heavy atom. The summed E-state index contributed by atoms with van der Waals surface area (Å²) in [6.45, 7) is 0.479. The highest BCUT2D eigenvalue weighted by Gasteiger charge is 2.65. The number of phenolic OH excluding ortho intramolecular Hbond substituents is 1. The number of hydrogen-bond acceptors (Lipinski definition) is 5. The van der Waals surface area contributed by atoms with Crippen molar-refractivity contribution in [3.63, 3.8) is 0 Å². The van der Waals surface area contributed by atoms with Gasteiger partial charge in [-0.3, -0.25) is 14.4 Å². The van der Waals surface area contributed by atoms with Crippen LogP contribution in [-0.2, 0) is 25.5 Å². The van der Waals surface area contributed by atoms with Crippen molar-refractivity contribution in [3.8, 4) is 5.75 Å². The minimum absolute atomic E-state index is 0.0356. The van der Waals surface area contributed by atoms with Crippen LogP contribution in [0.3, 0.4) is 0 Å². The number of nitrogens with zero attached hydrogens (tertiary/aromatic N) is 1. The predicted octanol–water partition coefficient (Wildman–Crippen LogP) is 1.55. The first-order chi connectivity index (χ1) is 15.0. The number of fused-ring (bicyclic) bond motifs is 1. The Morgan fingerprint density at radius 3 is 2.61 bits per heavy atom. The molecule has 2 N–H and O–H groups in total. The van der Waals surface area contributed by atoms with E-state index >= 15 is 0 Å². The number of phenols is 1. The standard InChI is InChI=1S/C24H24N2O5/c27-17-8-6-16(7-9-17)18-13-24(18,25-21(29)12-15-4-2-1-3-5-15)23(30)26-11-10-20-22(26)19(28)14-31-20/h1-9,18,20,22,27H,10-14H2,(H,25,29)/t18?,20?,22-,24?/m1/s1. The van der Waals surface area contributed by atoms with Crippen molar-refractivity contribution < 1.29 is 24.2 Å². The maximum Gasteiger partial charge on any atom is 0.249 e. The van der Waals surface area contributed by atoms with Gasteiger partial charge in [-0.15, -0.1) is 0 Å². The molecule has 2 heterocycles. The summed E-state index contributed by atoms with van der Waals surface area (Å²) >= 11 is 0. The summed E-state index contributed by atoms with van der Waals surface area (Å²) < 4.78 is 5.53. The first-order valence-electron chi connectivity index (χ1n) is 10.6. The van der Waals surface area contributed by atoms with Gasteiger partial charge in [-0.05, 0) is 36.1 Å². The molecule has 2 aliphatic heterocycles. The number of carbonyl (C=O) groups excluding carboxylic acids is 3. The maximum absolute atomic E-state index is 13.7. The van der Waals surface area contributed by atoms with E-state index in [1.165, 1.54) is 0 Å². The van der Waals surface area contributed by atoms with Crippen LogP contribution in [0.2, 0.25) is 0 Å². The summed E-state index contributed by atoms with van der Waals surface area (Å²) in [6.07, 6.45) is 1.01. The predicted molar refractivity (Wildman–Crippen MR) is 111 cm³/mol. The second kappa shape index (κ2) is 7.50. The summed E-state index contributed by atoms with van der Waals surface area (Å²) in [5.41, 5.74) is 0.654. The molecule has 1 saturated carbocycles. The Kier molecular flexibility index (Phi) is 4.78. The van der Waals surface area contributed by atoms with Crippen LogP contribution in [0.4, 0.5) is 0 Å². The van der Waals surface area contributed by atoms with E-state index in [9.17, 15) is 19.5 Å². The topological polar surface area (TPSA) is 95.9 Å². The lowest BCUT2D eigenvalue weighted by Crippen LogP contribution is -2.55. The van der Waals surface area contributed by atoms with Crippen LogP contribution in [0.15, 0.2) is 54.6 Å². The second-order valence-electron chi connectivity index (χ2n) is 8.58. The van der Waals surface area contributed by atoms with Crippen molar-refractivity contribution in [2.75, 3.05) is 13.2 Å². The summed E-state index contributed by atoms with van der Waals surface area (Å²) in [5.74, 6) is -0.602. The molecule has 2 aromatic carbocycles. The first kappa shape index (κ1) is 19.8. The molecule has 2 amide bonds. The molecule has 4 atom stereocenters. The molecule has 31 heavy (non-hydrogen) atoms. The Morgan fingerprint density at radius 2 is 1.87 bits per heavy atom. The number of carbonyl (C=O) groups is 3. The molecule has 0 bridgehead atoms. The largest absolute Gasteiger partial charge is 0.508 e. The van der Waals surface area contributed by atoms with Gasteiger partial charge in [0.25, 0.3) is 0 Å². The average molecular weight is 420 g/mol. The Labute approximate surface area is 180 Å². The summed E-state index contributed by atoms with van der Waals surface area (Å²) in [4.78, 5) is 40.5. The number of hydrogen-bond donors (Lipinski definition) is 2. The molecule has 7 heteroatoms. The van der Waals surface area contributed by atoms with Gasteiger partial charge in [-0.25, -0.2) is 0 Å². The number of ketones is 1. The van der Waals surface area contributed by atoms with E-state index < -0.39 is 11.6 Å². The molecule has 3 aliphatic rings. The Balaban J connectivity index is 1.41. The molecule has 2 aromatic rings. The molecule has 5 rings (SSSR count). The van der Waals surface area contributed by atoms with Crippen LogP contribution in [0, 0.1) is 0 Å². The van der Waals surface area contributed by atoms with Crippen LogP contribution in [0.25, 0.3) is 0 Å². The second-order valence-corrected chi connectivity index (χ2v) is 8.58. The highest BCUT2D eigenvalue weighted by molar-refractivity contribution is 6.00. The molecular weight excluding hydrogens is 396 g/mol. The van der Waals surface area contributed by atoms with Crippen molar-refractivity contribution in [2.24, 2.45) is 0 Å². The molecular formula is C24H24N2O5. The van der Waals surface area contributed by atoms with Gasteiger partial charge in [0.2, 0.25) is 11.8 Å². The van der Waals surface area contributed by atoms with Gasteiger partial charge in [0, 0.05) is 12.5 Å². The van der Waals surface area contributed by atoms with Crippen LogP contribution < -0.4 is 5.32 Å². The summed E-state index contributed by atoms with van der Waals surface area (Å²) in [6, 6.07) is 15.5. The van der Waals surface area contributed by atoms with Crippen LogP contribution in [0.1, 0.15) is 29.9 Å². The zero-order chi connectivity index (χ0) is 21.6. The first-order valence-corrected chi connectivity index (χ1v) is 10.6. The molecule has 0 radical (unpaired) electrons. The van der Waals surface area contributed by atoms with E-state index in [1.807, 2.05) is 30.3 Å². The summed E-state index contributed by atoms with van der Waals surface area (Å²) in [5, 5.41) is 12.6. The fraction of sp³-hybridized carbons (Fsp3) is 0.375. The lowest BCUT2D eigenvalue weighted by Gasteiger charge is -2.28.